The Hall–Kier alpha value is -0.320. The number of furan rings is 1. The molecule has 0 aliphatic heterocycles. The van der Waals surface area contributed by atoms with Gasteiger partial charge in [0, 0.05) is 7.05 Å². The number of hydroxylamine groups is 2. The van der Waals surface area contributed by atoms with Crippen LogP contribution >= 0.6 is 15.9 Å². The van der Waals surface area contributed by atoms with Gasteiger partial charge in [-0.25, -0.2) is 0 Å². The fraction of sp³-hybridized carbons (Fsp3) is 0.333. The topological polar surface area (TPSA) is 36.6 Å². The van der Waals surface area contributed by atoms with Crippen LogP contribution in [-0.2, 0) is 6.54 Å². The molecule has 10 heavy (non-hydrogen) atoms. The lowest BCUT2D eigenvalue weighted by atomic mass is 10.4. The Morgan fingerprint density at radius 2 is 2.50 bits per heavy atom. The van der Waals surface area contributed by atoms with Crippen LogP contribution in [0.4, 0.5) is 0 Å². The van der Waals surface area contributed by atoms with E-state index in [4.69, 9.17) is 9.62 Å². The second-order valence-electron chi connectivity index (χ2n) is 2.05. The summed E-state index contributed by atoms with van der Waals surface area (Å²) in [6.07, 6.45) is 1.58. The van der Waals surface area contributed by atoms with Crippen molar-refractivity contribution in [1.29, 1.82) is 0 Å². The first-order valence-electron chi connectivity index (χ1n) is 2.81. The van der Waals surface area contributed by atoms with Gasteiger partial charge in [-0.15, -0.1) is 0 Å². The summed E-state index contributed by atoms with van der Waals surface area (Å²) in [5, 5.41) is 9.83. The Kier molecular flexibility index (Phi) is 2.48. The lowest BCUT2D eigenvalue weighted by molar-refractivity contribution is -0.0774. The van der Waals surface area contributed by atoms with E-state index in [1.807, 2.05) is 6.07 Å². The van der Waals surface area contributed by atoms with Crippen molar-refractivity contribution in [3.63, 3.8) is 0 Å². The van der Waals surface area contributed by atoms with Gasteiger partial charge in [0.05, 0.1) is 11.0 Å². The van der Waals surface area contributed by atoms with Crippen LogP contribution in [0.25, 0.3) is 0 Å². The zero-order valence-electron chi connectivity index (χ0n) is 5.54. The zero-order chi connectivity index (χ0) is 7.56. The molecule has 0 amide bonds. The van der Waals surface area contributed by atoms with Gasteiger partial charge in [-0.1, -0.05) is 0 Å². The summed E-state index contributed by atoms with van der Waals surface area (Å²) in [6, 6.07) is 1.81. The molecule has 0 unspecified atom stereocenters. The summed E-state index contributed by atoms with van der Waals surface area (Å²) in [5.41, 5.74) is 0. The quantitative estimate of drug-likeness (QED) is 0.750. The molecule has 1 rings (SSSR count). The Balaban J connectivity index is 2.58. The third-order valence-electron chi connectivity index (χ3n) is 1.01. The first-order valence-corrected chi connectivity index (χ1v) is 3.60. The molecule has 1 aromatic heterocycles. The standard InChI is InChI=1S/C6H8BrNO2/c1-8(9)3-6-2-5(7)4-10-6/h2,4,9H,3H2,1H3. The van der Waals surface area contributed by atoms with Gasteiger partial charge in [0.25, 0.3) is 0 Å². The molecular formula is C6H8BrNO2. The van der Waals surface area contributed by atoms with Gasteiger partial charge in [-0.3, -0.25) is 0 Å². The van der Waals surface area contributed by atoms with Crippen molar-refractivity contribution < 1.29 is 9.62 Å². The van der Waals surface area contributed by atoms with Crippen LogP contribution in [0.3, 0.4) is 0 Å². The molecule has 0 bridgehead atoms. The number of halogens is 1. The minimum Gasteiger partial charge on any atom is -0.467 e. The summed E-state index contributed by atoms with van der Waals surface area (Å²) < 4.78 is 5.92. The van der Waals surface area contributed by atoms with E-state index in [-0.39, 0.29) is 0 Å². The van der Waals surface area contributed by atoms with Gasteiger partial charge in [0.2, 0.25) is 0 Å². The molecule has 0 fully saturated rings. The molecule has 0 radical (unpaired) electrons. The van der Waals surface area contributed by atoms with E-state index in [9.17, 15) is 0 Å². The van der Waals surface area contributed by atoms with Crippen molar-refractivity contribution in [2.24, 2.45) is 0 Å². The van der Waals surface area contributed by atoms with Gasteiger partial charge in [0.15, 0.2) is 0 Å². The molecule has 0 aromatic carbocycles. The predicted octanol–water partition coefficient (Wildman–Crippen LogP) is 1.86. The van der Waals surface area contributed by atoms with Crippen molar-refractivity contribution in [3.05, 3.63) is 22.6 Å². The van der Waals surface area contributed by atoms with Crippen LogP contribution in [-0.4, -0.2) is 17.3 Å². The van der Waals surface area contributed by atoms with Crippen molar-refractivity contribution in [2.45, 2.75) is 6.54 Å². The predicted molar refractivity (Wildman–Crippen MR) is 39.7 cm³/mol. The van der Waals surface area contributed by atoms with Gasteiger partial charge in [0.1, 0.15) is 12.0 Å². The van der Waals surface area contributed by atoms with E-state index in [0.717, 1.165) is 15.3 Å². The van der Waals surface area contributed by atoms with Gasteiger partial charge in [-0.2, -0.15) is 5.06 Å². The summed E-state index contributed by atoms with van der Waals surface area (Å²) >= 11 is 3.23. The molecule has 56 valence electrons. The molecule has 0 aliphatic rings. The number of hydrogen-bond acceptors (Lipinski definition) is 3. The van der Waals surface area contributed by atoms with Crippen molar-refractivity contribution in [1.82, 2.24) is 5.06 Å². The Morgan fingerprint density at radius 3 is 2.90 bits per heavy atom. The van der Waals surface area contributed by atoms with E-state index in [2.05, 4.69) is 15.9 Å². The monoisotopic (exact) mass is 205 g/mol. The molecule has 1 aromatic rings. The van der Waals surface area contributed by atoms with E-state index in [1.54, 1.807) is 13.3 Å². The zero-order valence-corrected chi connectivity index (χ0v) is 7.13. The number of hydrogen-bond donors (Lipinski definition) is 1. The summed E-state index contributed by atoms with van der Waals surface area (Å²) in [5.74, 6) is 0.733. The highest BCUT2D eigenvalue weighted by Gasteiger charge is 2.00. The average Bonchev–Trinajstić information content (AvgIpc) is 2.13. The van der Waals surface area contributed by atoms with Crippen LogP contribution in [0.5, 0.6) is 0 Å². The van der Waals surface area contributed by atoms with Crippen LogP contribution in [0.1, 0.15) is 5.76 Å². The number of nitrogens with zero attached hydrogens (tertiary/aromatic N) is 1. The normalized spacial score (nSPS) is 10.8. The molecular weight excluding hydrogens is 198 g/mol. The van der Waals surface area contributed by atoms with Crippen LogP contribution in [0, 0.1) is 0 Å². The maximum Gasteiger partial charge on any atom is 0.121 e. The molecule has 3 nitrogen and oxygen atoms in total. The molecule has 0 atom stereocenters. The van der Waals surface area contributed by atoms with Crippen LogP contribution in [0.2, 0.25) is 0 Å². The highest BCUT2D eigenvalue weighted by Crippen LogP contribution is 2.14. The smallest absolute Gasteiger partial charge is 0.121 e. The summed E-state index contributed by atoms with van der Waals surface area (Å²) in [7, 11) is 1.57. The molecule has 1 N–H and O–H groups in total. The largest absolute Gasteiger partial charge is 0.467 e. The third kappa shape index (κ3) is 2.13. The molecule has 4 heteroatoms. The minimum atomic E-state index is 0.408. The molecule has 0 spiro atoms. The SMILES string of the molecule is CN(O)Cc1cc(Br)co1. The summed E-state index contributed by atoms with van der Waals surface area (Å²) in [6.45, 7) is 0.408. The van der Waals surface area contributed by atoms with Crippen LogP contribution in [0.15, 0.2) is 21.2 Å². The maximum atomic E-state index is 8.77. The number of rotatable bonds is 2. The Morgan fingerprint density at radius 1 is 1.80 bits per heavy atom. The highest BCUT2D eigenvalue weighted by atomic mass is 79.9. The van der Waals surface area contributed by atoms with E-state index >= 15 is 0 Å². The third-order valence-corrected chi connectivity index (χ3v) is 1.42. The van der Waals surface area contributed by atoms with E-state index < -0.39 is 0 Å². The van der Waals surface area contributed by atoms with E-state index in [0.29, 0.717) is 6.54 Å². The van der Waals surface area contributed by atoms with Crippen molar-refractivity contribution in [3.8, 4) is 0 Å². The molecule has 0 saturated heterocycles. The lowest BCUT2D eigenvalue weighted by Crippen LogP contribution is -2.10. The van der Waals surface area contributed by atoms with Crippen molar-refractivity contribution >= 4 is 15.9 Å². The van der Waals surface area contributed by atoms with Gasteiger partial charge >= 0.3 is 0 Å². The second kappa shape index (κ2) is 3.18. The average molecular weight is 206 g/mol. The molecule has 1 heterocycles. The lowest BCUT2D eigenvalue weighted by Gasteiger charge is -2.02. The minimum absolute atomic E-state index is 0.408. The molecule has 0 saturated carbocycles. The first kappa shape index (κ1) is 7.78. The fourth-order valence-electron chi connectivity index (χ4n) is 0.662. The van der Waals surface area contributed by atoms with Crippen LogP contribution < -0.4 is 0 Å². The second-order valence-corrected chi connectivity index (χ2v) is 2.96. The molecule has 0 aliphatic carbocycles. The van der Waals surface area contributed by atoms with Crippen molar-refractivity contribution in [2.75, 3.05) is 7.05 Å². The van der Waals surface area contributed by atoms with Gasteiger partial charge < -0.3 is 9.62 Å². The first-order chi connectivity index (χ1) is 4.68. The fourth-order valence-corrected chi connectivity index (χ4v) is 1.01. The van der Waals surface area contributed by atoms with E-state index in [1.165, 1.54) is 0 Å². The Bertz CT molecular complexity index is 209. The maximum absolute atomic E-state index is 8.77. The Labute approximate surface area is 67.3 Å². The van der Waals surface area contributed by atoms with Gasteiger partial charge in [-0.05, 0) is 22.0 Å². The summed E-state index contributed by atoms with van der Waals surface area (Å²) in [4.78, 5) is 0. The highest BCUT2D eigenvalue weighted by molar-refractivity contribution is 9.10.